The van der Waals surface area contributed by atoms with E-state index in [1.165, 1.54) is 0 Å². The lowest BCUT2D eigenvalue weighted by Crippen LogP contribution is -2.10. The van der Waals surface area contributed by atoms with Crippen LogP contribution >= 0.6 is 11.6 Å². The fourth-order valence-electron chi connectivity index (χ4n) is 0.931. The maximum atomic E-state index is 5.78. The summed E-state index contributed by atoms with van der Waals surface area (Å²) in [5.74, 6) is 0. The molecule has 0 aliphatic heterocycles. The first-order valence-corrected chi connectivity index (χ1v) is 4.10. The first-order chi connectivity index (χ1) is 5.74. The molecular weight excluding hydrogens is 172 g/mol. The van der Waals surface area contributed by atoms with Gasteiger partial charge in [-0.25, -0.2) is 4.98 Å². The third-order valence-corrected chi connectivity index (χ3v) is 1.75. The summed E-state index contributed by atoms with van der Waals surface area (Å²) in [6.45, 7) is 3.61. The highest BCUT2D eigenvalue weighted by Gasteiger charge is 2.04. The Labute approximate surface area is 77.1 Å². The van der Waals surface area contributed by atoms with Gasteiger partial charge in [-0.1, -0.05) is 23.7 Å². The quantitative estimate of drug-likeness (QED) is 0.576. The van der Waals surface area contributed by atoms with Crippen molar-refractivity contribution in [2.45, 2.75) is 12.5 Å². The predicted octanol–water partition coefficient (Wildman–Crippen LogP) is 2.31. The molecular formula is C9H11ClN2. The van der Waals surface area contributed by atoms with Crippen LogP contribution in [0.3, 0.4) is 0 Å². The summed E-state index contributed by atoms with van der Waals surface area (Å²) in [5, 5.41) is 0.479. The molecule has 0 radical (unpaired) electrons. The second-order valence-electron chi connectivity index (χ2n) is 2.52. The zero-order chi connectivity index (χ0) is 8.97. The van der Waals surface area contributed by atoms with Crippen molar-refractivity contribution in [1.29, 1.82) is 0 Å². The smallest absolute Gasteiger partial charge is 0.129 e. The maximum Gasteiger partial charge on any atom is 0.129 e. The van der Waals surface area contributed by atoms with Gasteiger partial charge in [0.15, 0.2) is 0 Å². The van der Waals surface area contributed by atoms with Crippen molar-refractivity contribution in [2.75, 3.05) is 0 Å². The Bertz CT molecular complexity index is 273. The normalized spacial score (nSPS) is 12.5. The van der Waals surface area contributed by atoms with E-state index in [0.29, 0.717) is 11.6 Å². The highest BCUT2D eigenvalue weighted by atomic mass is 35.5. The Morgan fingerprint density at radius 3 is 3.00 bits per heavy atom. The van der Waals surface area contributed by atoms with Crippen LogP contribution in [0.5, 0.6) is 0 Å². The molecule has 1 unspecified atom stereocenters. The van der Waals surface area contributed by atoms with Crippen LogP contribution in [0.15, 0.2) is 30.9 Å². The third-order valence-electron chi connectivity index (χ3n) is 1.54. The van der Waals surface area contributed by atoms with Crippen LogP contribution in [0.2, 0.25) is 5.15 Å². The van der Waals surface area contributed by atoms with E-state index >= 15 is 0 Å². The second-order valence-corrected chi connectivity index (χ2v) is 2.90. The molecule has 1 aromatic rings. The van der Waals surface area contributed by atoms with Crippen LogP contribution in [0.1, 0.15) is 18.2 Å². The van der Waals surface area contributed by atoms with Crippen LogP contribution in [-0.4, -0.2) is 4.98 Å². The summed E-state index contributed by atoms with van der Waals surface area (Å²) in [7, 11) is 0. The summed E-state index contributed by atoms with van der Waals surface area (Å²) >= 11 is 5.70. The highest BCUT2D eigenvalue weighted by molar-refractivity contribution is 6.29. The van der Waals surface area contributed by atoms with Gasteiger partial charge in [-0.2, -0.15) is 0 Å². The summed E-state index contributed by atoms with van der Waals surface area (Å²) < 4.78 is 0. The van der Waals surface area contributed by atoms with Gasteiger partial charge in [0.1, 0.15) is 5.15 Å². The summed E-state index contributed by atoms with van der Waals surface area (Å²) in [6, 6.07) is 5.33. The van der Waals surface area contributed by atoms with Gasteiger partial charge in [0, 0.05) is 0 Å². The number of halogens is 1. The largest absolute Gasteiger partial charge is 0.322 e. The van der Waals surface area contributed by atoms with E-state index in [9.17, 15) is 0 Å². The Hall–Kier alpha value is -0.860. The summed E-state index contributed by atoms with van der Waals surface area (Å²) in [6.07, 6.45) is 2.49. The van der Waals surface area contributed by atoms with Gasteiger partial charge < -0.3 is 5.73 Å². The standard InChI is InChI=1S/C9H11ClN2/c1-2-4-7(11)8-5-3-6-9(10)12-8/h2-3,5-7H,1,4,11H2. The number of hydrogen-bond donors (Lipinski definition) is 1. The average molecular weight is 183 g/mol. The Morgan fingerprint density at radius 2 is 2.42 bits per heavy atom. The summed E-state index contributed by atoms with van der Waals surface area (Å²) in [5.41, 5.74) is 6.59. The first-order valence-electron chi connectivity index (χ1n) is 3.73. The van der Waals surface area contributed by atoms with Crippen molar-refractivity contribution in [3.63, 3.8) is 0 Å². The SMILES string of the molecule is C=CCC(N)c1cccc(Cl)n1. The van der Waals surface area contributed by atoms with Gasteiger partial charge in [-0.3, -0.25) is 0 Å². The van der Waals surface area contributed by atoms with Crippen LogP contribution < -0.4 is 5.73 Å². The molecule has 64 valence electrons. The zero-order valence-corrected chi connectivity index (χ0v) is 7.46. The minimum atomic E-state index is -0.0961. The minimum Gasteiger partial charge on any atom is -0.322 e. The fraction of sp³-hybridized carbons (Fsp3) is 0.222. The Kier molecular flexibility index (Phi) is 3.26. The van der Waals surface area contributed by atoms with Crippen LogP contribution in [0.4, 0.5) is 0 Å². The van der Waals surface area contributed by atoms with Crippen molar-refractivity contribution in [3.8, 4) is 0 Å². The van der Waals surface area contributed by atoms with Gasteiger partial charge in [-0.05, 0) is 18.6 Å². The van der Waals surface area contributed by atoms with Crippen molar-refractivity contribution < 1.29 is 0 Å². The van der Waals surface area contributed by atoms with Crippen LogP contribution in [0, 0.1) is 0 Å². The number of nitrogens with zero attached hydrogens (tertiary/aromatic N) is 1. The van der Waals surface area contributed by atoms with Gasteiger partial charge in [0.2, 0.25) is 0 Å². The number of hydrogen-bond acceptors (Lipinski definition) is 2. The molecule has 0 aliphatic carbocycles. The van der Waals surface area contributed by atoms with E-state index < -0.39 is 0 Å². The minimum absolute atomic E-state index is 0.0961. The van der Waals surface area contributed by atoms with Crippen molar-refractivity contribution >= 4 is 11.6 Å². The van der Waals surface area contributed by atoms with Crippen LogP contribution in [0.25, 0.3) is 0 Å². The molecule has 0 aromatic carbocycles. The number of rotatable bonds is 3. The topological polar surface area (TPSA) is 38.9 Å². The van der Waals surface area contributed by atoms with Crippen molar-refractivity contribution in [1.82, 2.24) is 4.98 Å². The van der Waals surface area contributed by atoms with Crippen LogP contribution in [-0.2, 0) is 0 Å². The highest BCUT2D eigenvalue weighted by Crippen LogP contribution is 2.13. The Balaban J connectivity index is 2.80. The molecule has 3 heteroatoms. The molecule has 0 saturated carbocycles. The average Bonchev–Trinajstić information content (AvgIpc) is 2.05. The van der Waals surface area contributed by atoms with Gasteiger partial charge in [0.05, 0.1) is 11.7 Å². The first kappa shape index (κ1) is 9.23. The molecule has 1 aromatic heterocycles. The number of pyridine rings is 1. The van der Waals surface area contributed by atoms with E-state index in [1.54, 1.807) is 12.1 Å². The third kappa shape index (κ3) is 2.32. The lowest BCUT2D eigenvalue weighted by Gasteiger charge is -2.07. The molecule has 2 N–H and O–H groups in total. The molecule has 1 heterocycles. The second kappa shape index (κ2) is 4.24. The Morgan fingerprint density at radius 1 is 1.67 bits per heavy atom. The van der Waals surface area contributed by atoms with E-state index in [2.05, 4.69) is 11.6 Å². The monoisotopic (exact) mass is 182 g/mol. The molecule has 0 aliphatic rings. The van der Waals surface area contributed by atoms with E-state index in [-0.39, 0.29) is 6.04 Å². The molecule has 0 amide bonds. The van der Waals surface area contributed by atoms with Crippen molar-refractivity contribution in [3.05, 3.63) is 41.7 Å². The zero-order valence-electron chi connectivity index (χ0n) is 6.70. The predicted molar refractivity (Wildman–Crippen MR) is 51.0 cm³/mol. The van der Waals surface area contributed by atoms with E-state index in [1.807, 2.05) is 12.1 Å². The maximum absolute atomic E-state index is 5.78. The lowest BCUT2D eigenvalue weighted by atomic mass is 10.1. The molecule has 0 fully saturated rings. The summed E-state index contributed by atoms with van der Waals surface area (Å²) in [4.78, 5) is 4.08. The van der Waals surface area contributed by atoms with Gasteiger partial charge >= 0.3 is 0 Å². The van der Waals surface area contributed by atoms with Gasteiger partial charge in [-0.15, -0.1) is 6.58 Å². The fourth-order valence-corrected chi connectivity index (χ4v) is 1.10. The van der Waals surface area contributed by atoms with E-state index in [4.69, 9.17) is 17.3 Å². The molecule has 1 rings (SSSR count). The molecule has 12 heavy (non-hydrogen) atoms. The van der Waals surface area contributed by atoms with Crippen molar-refractivity contribution in [2.24, 2.45) is 5.73 Å². The van der Waals surface area contributed by atoms with Gasteiger partial charge in [0.25, 0.3) is 0 Å². The lowest BCUT2D eigenvalue weighted by molar-refractivity contribution is 0.714. The van der Waals surface area contributed by atoms with E-state index in [0.717, 1.165) is 5.69 Å². The number of nitrogens with two attached hydrogens (primary N) is 1. The molecule has 2 nitrogen and oxygen atoms in total. The molecule has 0 bridgehead atoms. The molecule has 0 spiro atoms. The number of aromatic nitrogens is 1. The molecule has 0 saturated heterocycles. The molecule has 1 atom stereocenters.